The van der Waals surface area contributed by atoms with Crippen molar-refractivity contribution in [1.82, 2.24) is 9.97 Å². The second-order valence-corrected chi connectivity index (χ2v) is 6.68. The molecule has 138 valence electrons. The fraction of sp³-hybridized carbons (Fsp3) is 0.143. The van der Waals surface area contributed by atoms with Crippen molar-refractivity contribution in [2.75, 3.05) is 28.2 Å². The van der Waals surface area contributed by atoms with Crippen LogP contribution in [-0.2, 0) is 0 Å². The number of guanidine groups is 1. The van der Waals surface area contributed by atoms with Crippen LogP contribution >= 0.6 is 0 Å². The predicted molar refractivity (Wildman–Crippen MR) is 109 cm³/mol. The summed E-state index contributed by atoms with van der Waals surface area (Å²) >= 11 is 0. The van der Waals surface area contributed by atoms with E-state index in [0.29, 0.717) is 36.4 Å². The van der Waals surface area contributed by atoms with E-state index in [0.717, 1.165) is 16.9 Å². The van der Waals surface area contributed by atoms with Crippen LogP contribution in [0.25, 0.3) is 0 Å². The molecule has 3 aromatic rings. The SMILES string of the molecule is Cc1ccccc1N1C(=O)c2cnc(Nc3ccccc3)nc2N2CCN=C21. The zero-order valence-corrected chi connectivity index (χ0v) is 15.3. The van der Waals surface area contributed by atoms with Crippen LogP contribution in [0.4, 0.5) is 23.1 Å². The second-order valence-electron chi connectivity index (χ2n) is 6.68. The van der Waals surface area contributed by atoms with E-state index in [4.69, 9.17) is 0 Å². The number of rotatable bonds is 3. The molecule has 0 radical (unpaired) electrons. The van der Waals surface area contributed by atoms with E-state index < -0.39 is 0 Å². The highest BCUT2D eigenvalue weighted by Crippen LogP contribution is 2.34. The minimum atomic E-state index is -0.160. The number of anilines is 4. The van der Waals surface area contributed by atoms with Gasteiger partial charge in [-0.3, -0.25) is 14.7 Å². The Balaban J connectivity index is 1.57. The smallest absolute Gasteiger partial charge is 0.270 e. The third kappa shape index (κ3) is 2.60. The van der Waals surface area contributed by atoms with E-state index in [9.17, 15) is 4.79 Å². The standard InChI is InChI=1S/C21H18N6O/c1-14-7-5-6-10-17(14)27-19(28)16-13-23-20(24-15-8-3-2-4-9-15)25-18(16)26-12-11-22-21(26)27/h2-10,13H,11-12H2,1H3,(H,23,24,25). The zero-order valence-electron chi connectivity index (χ0n) is 15.3. The van der Waals surface area contributed by atoms with Gasteiger partial charge in [-0.2, -0.15) is 4.98 Å². The van der Waals surface area contributed by atoms with E-state index in [1.807, 2.05) is 66.4 Å². The van der Waals surface area contributed by atoms with Crippen molar-refractivity contribution < 1.29 is 4.79 Å². The van der Waals surface area contributed by atoms with Gasteiger partial charge in [-0.25, -0.2) is 9.88 Å². The van der Waals surface area contributed by atoms with Crippen molar-refractivity contribution in [2.45, 2.75) is 6.92 Å². The van der Waals surface area contributed by atoms with Crippen molar-refractivity contribution in [3.8, 4) is 0 Å². The molecule has 2 aliphatic rings. The number of amides is 1. The van der Waals surface area contributed by atoms with Crippen LogP contribution < -0.4 is 15.1 Å². The summed E-state index contributed by atoms with van der Waals surface area (Å²) in [4.78, 5) is 30.5. The van der Waals surface area contributed by atoms with Gasteiger partial charge in [-0.1, -0.05) is 36.4 Å². The monoisotopic (exact) mass is 370 g/mol. The maximum Gasteiger partial charge on any atom is 0.270 e. The molecule has 1 N–H and O–H groups in total. The average molecular weight is 370 g/mol. The van der Waals surface area contributed by atoms with Crippen LogP contribution in [0.5, 0.6) is 0 Å². The quantitative estimate of drug-likeness (QED) is 0.765. The third-order valence-corrected chi connectivity index (χ3v) is 4.86. The molecule has 0 saturated carbocycles. The van der Waals surface area contributed by atoms with E-state index in [1.54, 1.807) is 11.1 Å². The van der Waals surface area contributed by atoms with Crippen LogP contribution in [0.1, 0.15) is 15.9 Å². The number of aliphatic imine (C=N–C) groups is 1. The first-order valence-corrected chi connectivity index (χ1v) is 9.13. The Kier molecular flexibility index (Phi) is 3.79. The van der Waals surface area contributed by atoms with Crippen LogP contribution in [0.15, 0.2) is 65.8 Å². The maximum absolute atomic E-state index is 13.3. The molecular formula is C21H18N6O. The minimum absolute atomic E-state index is 0.160. The minimum Gasteiger partial charge on any atom is -0.324 e. The van der Waals surface area contributed by atoms with Crippen LogP contribution in [0.3, 0.4) is 0 Å². The maximum atomic E-state index is 13.3. The van der Waals surface area contributed by atoms with Gasteiger partial charge in [-0.05, 0) is 30.7 Å². The average Bonchev–Trinajstić information content (AvgIpc) is 3.20. The van der Waals surface area contributed by atoms with Gasteiger partial charge in [0, 0.05) is 18.4 Å². The lowest BCUT2D eigenvalue weighted by Crippen LogP contribution is -2.51. The van der Waals surface area contributed by atoms with Gasteiger partial charge in [-0.15, -0.1) is 0 Å². The number of carbonyl (C=O) groups excluding carboxylic acids is 1. The second kappa shape index (κ2) is 6.45. The number of carbonyl (C=O) groups is 1. The van der Waals surface area contributed by atoms with Crippen LogP contribution in [0.2, 0.25) is 0 Å². The number of aromatic nitrogens is 2. The summed E-state index contributed by atoms with van der Waals surface area (Å²) in [6, 6.07) is 17.5. The fourth-order valence-electron chi connectivity index (χ4n) is 3.51. The fourth-order valence-corrected chi connectivity index (χ4v) is 3.51. The summed E-state index contributed by atoms with van der Waals surface area (Å²) in [6.45, 7) is 3.29. The Morgan fingerprint density at radius 2 is 1.82 bits per heavy atom. The van der Waals surface area contributed by atoms with E-state index in [2.05, 4.69) is 20.3 Å². The molecule has 1 amide bonds. The summed E-state index contributed by atoms with van der Waals surface area (Å²) in [6.07, 6.45) is 1.59. The molecule has 0 saturated heterocycles. The zero-order chi connectivity index (χ0) is 19.1. The van der Waals surface area contributed by atoms with Gasteiger partial charge in [0.05, 0.1) is 12.2 Å². The summed E-state index contributed by atoms with van der Waals surface area (Å²) in [5.41, 5.74) is 3.21. The van der Waals surface area contributed by atoms with Crippen molar-refractivity contribution in [3.05, 3.63) is 71.9 Å². The van der Waals surface area contributed by atoms with Crippen molar-refractivity contribution in [2.24, 2.45) is 4.99 Å². The molecule has 7 heteroatoms. The Hall–Kier alpha value is -3.74. The largest absolute Gasteiger partial charge is 0.324 e. The Morgan fingerprint density at radius 1 is 1.04 bits per heavy atom. The molecule has 0 atom stereocenters. The lowest BCUT2D eigenvalue weighted by Gasteiger charge is -2.35. The van der Waals surface area contributed by atoms with Crippen LogP contribution in [0, 0.1) is 6.92 Å². The van der Waals surface area contributed by atoms with E-state index in [-0.39, 0.29) is 5.91 Å². The lowest BCUT2D eigenvalue weighted by molar-refractivity contribution is 0.0999. The number of hydrogen-bond acceptors (Lipinski definition) is 6. The number of aryl methyl sites for hydroxylation is 1. The topological polar surface area (TPSA) is 73.7 Å². The molecule has 0 aliphatic carbocycles. The predicted octanol–water partition coefficient (Wildman–Crippen LogP) is 3.37. The highest BCUT2D eigenvalue weighted by molar-refractivity contribution is 6.31. The van der Waals surface area contributed by atoms with Crippen LogP contribution in [-0.4, -0.2) is 34.9 Å². The van der Waals surface area contributed by atoms with Gasteiger partial charge in [0.2, 0.25) is 11.9 Å². The third-order valence-electron chi connectivity index (χ3n) is 4.86. The van der Waals surface area contributed by atoms with Gasteiger partial charge in [0.25, 0.3) is 5.91 Å². The number of benzene rings is 2. The molecule has 5 rings (SSSR count). The highest BCUT2D eigenvalue weighted by atomic mass is 16.2. The number of nitrogens with one attached hydrogen (secondary N) is 1. The molecule has 7 nitrogen and oxygen atoms in total. The van der Waals surface area contributed by atoms with E-state index >= 15 is 0 Å². The molecule has 2 aromatic carbocycles. The first-order valence-electron chi connectivity index (χ1n) is 9.13. The van der Waals surface area contributed by atoms with Crippen molar-refractivity contribution in [1.29, 1.82) is 0 Å². The molecule has 2 aliphatic heterocycles. The first-order chi connectivity index (χ1) is 13.7. The first kappa shape index (κ1) is 16.4. The number of nitrogens with zero attached hydrogens (tertiary/aromatic N) is 5. The molecule has 0 unspecified atom stereocenters. The Bertz CT molecular complexity index is 1100. The van der Waals surface area contributed by atoms with Gasteiger partial charge in [0.1, 0.15) is 5.56 Å². The number of hydrogen-bond donors (Lipinski definition) is 1. The van der Waals surface area contributed by atoms with Gasteiger partial charge >= 0.3 is 0 Å². The van der Waals surface area contributed by atoms with E-state index in [1.165, 1.54) is 0 Å². The molecule has 0 fully saturated rings. The van der Waals surface area contributed by atoms with Gasteiger partial charge < -0.3 is 5.32 Å². The molecule has 1 aromatic heterocycles. The molecule has 28 heavy (non-hydrogen) atoms. The van der Waals surface area contributed by atoms with Crippen molar-refractivity contribution in [3.63, 3.8) is 0 Å². The normalized spacial score (nSPS) is 15.2. The summed E-state index contributed by atoms with van der Waals surface area (Å²) in [5.74, 6) is 1.51. The molecule has 3 heterocycles. The molecule has 0 spiro atoms. The van der Waals surface area contributed by atoms with Crippen molar-refractivity contribution >= 4 is 35.0 Å². The number of para-hydroxylation sites is 2. The lowest BCUT2D eigenvalue weighted by atomic mass is 10.1. The molecular weight excluding hydrogens is 352 g/mol. The Morgan fingerprint density at radius 3 is 2.64 bits per heavy atom. The van der Waals surface area contributed by atoms with Gasteiger partial charge in [0.15, 0.2) is 5.82 Å². The summed E-state index contributed by atoms with van der Waals surface area (Å²) in [5, 5.41) is 3.19. The summed E-state index contributed by atoms with van der Waals surface area (Å²) in [7, 11) is 0. The Labute approximate surface area is 162 Å². The highest BCUT2D eigenvalue weighted by Gasteiger charge is 2.40. The summed E-state index contributed by atoms with van der Waals surface area (Å²) < 4.78 is 0. The molecule has 0 bridgehead atoms. The number of fused-ring (bicyclic) bond motifs is 3.